The quantitative estimate of drug-likeness (QED) is 0.248. The molecule has 0 saturated carbocycles. The summed E-state index contributed by atoms with van der Waals surface area (Å²) in [6, 6.07) is 3.68. The second-order valence-electron chi connectivity index (χ2n) is 4.65. The zero-order valence-electron chi connectivity index (χ0n) is 11.8. The van der Waals surface area contributed by atoms with E-state index in [0.29, 0.717) is 0 Å². The number of carbonyl (C=O) groups excluding carboxylic acids is 2. The van der Waals surface area contributed by atoms with Gasteiger partial charge >= 0.3 is 5.97 Å². The molecule has 0 aliphatic heterocycles. The van der Waals surface area contributed by atoms with Gasteiger partial charge in [0.15, 0.2) is 34.5 Å². The number of phenols is 5. The van der Waals surface area contributed by atoms with Crippen molar-refractivity contribution in [2.75, 3.05) is 0 Å². The molecule has 0 bridgehead atoms. The number of ether oxygens (including phenoxy) is 1. The fourth-order valence-corrected chi connectivity index (χ4v) is 1.78. The smallest absolute Gasteiger partial charge is 0.344 e. The van der Waals surface area contributed by atoms with Crippen molar-refractivity contribution in [3.63, 3.8) is 0 Å². The van der Waals surface area contributed by atoms with Crippen molar-refractivity contribution in [1.82, 2.24) is 0 Å². The Hall–Kier alpha value is -3.42. The van der Waals surface area contributed by atoms with Crippen LogP contribution in [0.25, 0.3) is 0 Å². The molecule has 2 rings (SSSR count). The van der Waals surface area contributed by atoms with Crippen LogP contribution in [0.15, 0.2) is 24.3 Å². The minimum Gasteiger partial charge on any atom is -0.504 e. The van der Waals surface area contributed by atoms with E-state index in [-0.39, 0.29) is 11.1 Å². The molecule has 0 unspecified atom stereocenters. The van der Waals surface area contributed by atoms with Crippen molar-refractivity contribution < 1.29 is 39.9 Å². The number of phenolic OH excluding ortho intramolecular Hbond substituents is 5. The first kappa shape index (κ1) is 16.0. The Morgan fingerprint density at radius 1 is 0.783 bits per heavy atom. The largest absolute Gasteiger partial charge is 0.504 e. The Morgan fingerprint density at radius 3 is 1.65 bits per heavy atom. The number of ketones is 1. The van der Waals surface area contributed by atoms with Crippen molar-refractivity contribution >= 4 is 11.8 Å². The van der Waals surface area contributed by atoms with Gasteiger partial charge in [-0.25, -0.2) is 4.79 Å². The van der Waals surface area contributed by atoms with Crippen LogP contribution in [-0.4, -0.2) is 37.3 Å². The number of carbonyl (C=O) groups is 2. The van der Waals surface area contributed by atoms with Crippen molar-refractivity contribution in [3.05, 3.63) is 35.4 Å². The first-order valence-corrected chi connectivity index (χ1v) is 6.24. The highest BCUT2D eigenvalue weighted by atomic mass is 16.5. The van der Waals surface area contributed by atoms with Gasteiger partial charge in [0.1, 0.15) is 0 Å². The van der Waals surface area contributed by atoms with E-state index >= 15 is 0 Å². The molecule has 5 N–H and O–H groups in total. The minimum absolute atomic E-state index is 0.0136. The van der Waals surface area contributed by atoms with Crippen LogP contribution in [0.3, 0.4) is 0 Å². The Labute approximate surface area is 129 Å². The van der Waals surface area contributed by atoms with Gasteiger partial charge in [0, 0.05) is 5.56 Å². The Kier molecular flexibility index (Phi) is 4.00. The number of hydrogen-bond acceptors (Lipinski definition) is 8. The first-order valence-electron chi connectivity index (χ1n) is 6.24. The lowest BCUT2D eigenvalue weighted by Gasteiger charge is -2.10. The molecule has 0 amide bonds. The average molecular weight is 320 g/mol. The Balaban J connectivity index is 2.36. The third kappa shape index (κ3) is 3.10. The number of hydrogen-bond donors (Lipinski definition) is 5. The highest BCUT2D eigenvalue weighted by Crippen LogP contribution is 2.39. The van der Waals surface area contributed by atoms with Gasteiger partial charge in [-0.3, -0.25) is 4.79 Å². The van der Waals surface area contributed by atoms with Gasteiger partial charge in [-0.1, -0.05) is 0 Å². The van der Waals surface area contributed by atoms with E-state index < -0.39 is 46.2 Å². The van der Waals surface area contributed by atoms with Gasteiger partial charge in [-0.05, 0) is 31.2 Å². The summed E-state index contributed by atoms with van der Waals surface area (Å²) < 4.78 is 4.79. The standard InChI is InChI=1S/C15H12O8/c1-6(16)7-2-11(19)14(12(20)3-7)23-15(22)8-4-9(17)13(21)10(18)5-8/h2-5,17-21H,1H3. The topological polar surface area (TPSA) is 145 Å². The summed E-state index contributed by atoms with van der Waals surface area (Å²) in [5, 5.41) is 47.4. The van der Waals surface area contributed by atoms with Crippen LogP contribution < -0.4 is 4.74 Å². The maximum Gasteiger partial charge on any atom is 0.344 e. The molecule has 0 aliphatic rings. The molecule has 23 heavy (non-hydrogen) atoms. The van der Waals surface area contributed by atoms with Crippen molar-refractivity contribution in [2.45, 2.75) is 6.92 Å². The van der Waals surface area contributed by atoms with Gasteiger partial charge in [0.25, 0.3) is 0 Å². The Bertz CT molecular complexity index is 763. The van der Waals surface area contributed by atoms with Crippen LogP contribution >= 0.6 is 0 Å². The summed E-state index contributed by atoms with van der Waals surface area (Å²) in [6.45, 7) is 1.22. The van der Waals surface area contributed by atoms with Gasteiger partial charge in [-0.2, -0.15) is 0 Å². The summed E-state index contributed by atoms with van der Waals surface area (Å²) in [7, 11) is 0. The Morgan fingerprint density at radius 2 is 1.22 bits per heavy atom. The summed E-state index contributed by atoms with van der Waals surface area (Å²) in [4.78, 5) is 23.1. The van der Waals surface area contributed by atoms with Crippen LogP contribution in [-0.2, 0) is 0 Å². The monoisotopic (exact) mass is 320 g/mol. The maximum absolute atomic E-state index is 11.9. The normalized spacial score (nSPS) is 10.3. The van der Waals surface area contributed by atoms with Crippen LogP contribution in [0, 0.1) is 0 Å². The molecule has 0 aromatic heterocycles. The van der Waals surface area contributed by atoms with E-state index in [1.54, 1.807) is 0 Å². The van der Waals surface area contributed by atoms with Gasteiger partial charge in [-0.15, -0.1) is 0 Å². The maximum atomic E-state index is 11.9. The third-order valence-electron chi connectivity index (χ3n) is 2.96. The predicted octanol–water partition coefficient (Wildman–Crippen LogP) is 1.64. The van der Waals surface area contributed by atoms with Gasteiger partial charge < -0.3 is 30.3 Å². The molecule has 0 saturated heterocycles. The minimum atomic E-state index is -1.13. The molecular weight excluding hydrogens is 308 g/mol. The number of rotatable bonds is 3. The van der Waals surface area contributed by atoms with Crippen LogP contribution in [0.5, 0.6) is 34.5 Å². The lowest BCUT2D eigenvalue weighted by molar-refractivity contribution is 0.0723. The second-order valence-corrected chi connectivity index (χ2v) is 4.65. The molecule has 8 nitrogen and oxygen atoms in total. The summed E-state index contributed by atoms with van der Waals surface area (Å²) in [5.41, 5.74) is -0.327. The molecule has 0 radical (unpaired) electrons. The molecule has 8 heteroatoms. The predicted molar refractivity (Wildman–Crippen MR) is 76.2 cm³/mol. The SMILES string of the molecule is CC(=O)c1cc(O)c(OC(=O)c2cc(O)c(O)c(O)c2)c(O)c1. The van der Waals surface area contributed by atoms with Crippen LogP contribution in [0.2, 0.25) is 0 Å². The van der Waals surface area contributed by atoms with E-state index in [1.165, 1.54) is 6.92 Å². The molecule has 2 aromatic rings. The zero-order chi connectivity index (χ0) is 17.3. The average Bonchev–Trinajstić information content (AvgIpc) is 2.47. The molecule has 0 heterocycles. The third-order valence-corrected chi connectivity index (χ3v) is 2.96. The molecule has 0 spiro atoms. The van der Waals surface area contributed by atoms with E-state index in [0.717, 1.165) is 24.3 Å². The molecule has 2 aromatic carbocycles. The van der Waals surface area contributed by atoms with Gasteiger partial charge in [0.2, 0.25) is 5.75 Å². The molecule has 120 valence electrons. The van der Waals surface area contributed by atoms with E-state index in [9.17, 15) is 35.1 Å². The molecule has 0 aliphatic carbocycles. The van der Waals surface area contributed by atoms with Gasteiger partial charge in [0.05, 0.1) is 5.56 Å². The number of aromatic hydroxyl groups is 5. The number of esters is 1. The van der Waals surface area contributed by atoms with E-state index in [1.807, 2.05) is 0 Å². The summed E-state index contributed by atoms with van der Waals surface area (Å²) >= 11 is 0. The van der Waals surface area contributed by atoms with Crippen molar-refractivity contribution in [1.29, 1.82) is 0 Å². The van der Waals surface area contributed by atoms with E-state index in [4.69, 9.17) is 4.74 Å². The molecular formula is C15H12O8. The highest BCUT2D eigenvalue weighted by Gasteiger charge is 2.20. The lowest BCUT2D eigenvalue weighted by Crippen LogP contribution is -2.09. The van der Waals surface area contributed by atoms with Crippen molar-refractivity contribution in [3.8, 4) is 34.5 Å². The zero-order valence-corrected chi connectivity index (χ0v) is 11.8. The first-order chi connectivity index (χ1) is 10.7. The summed E-state index contributed by atoms with van der Waals surface area (Å²) in [5.74, 6) is -5.73. The fraction of sp³-hybridized carbons (Fsp3) is 0.0667. The molecule has 0 fully saturated rings. The number of Topliss-reactive ketones (excluding diaryl/α,β-unsaturated/α-hetero) is 1. The highest BCUT2D eigenvalue weighted by molar-refractivity contribution is 5.96. The second kappa shape index (κ2) is 5.76. The van der Waals surface area contributed by atoms with E-state index in [2.05, 4.69) is 0 Å². The number of benzene rings is 2. The summed E-state index contributed by atoms with van der Waals surface area (Å²) in [6.07, 6.45) is 0. The van der Waals surface area contributed by atoms with Crippen LogP contribution in [0.1, 0.15) is 27.6 Å². The lowest BCUT2D eigenvalue weighted by atomic mass is 10.1. The molecule has 0 atom stereocenters. The van der Waals surface area contributed by atoms with Crippen LogP contribution in [0.4, 0.5) is 0 Å². The van der Waals surface area contributed by atoms with Crippen molar-refractivity contribution in [2.24, 2.45) is 0 Å². The fourth-order valence-electron chi connectivity index (χ4n) is 1.78.